The highest BCUT2D eigenvalue weighted by atomic mass is 32.1. The maximum Gasteiger partial charge on any atom is 0.416 e. The fourth-order valence-corrected chi connectivity index (χ4v) is 1.95. The normalized spacial score (nSPS) is 11.9. The number of ketones is 1. The molecule has 0 spiro atoms. The quantitative estimate of drug-likeness (QED) is 0.628. The number of aromatic nitrogens is 1. The average molecular weight is 283 g/mol. The van der Waals surface area contributed by atoms with E-state index in [1.54, 1.807) is 0 Å². The largest absolute Gasteiger partial charge is 0.416 e. The van der Waals surface area contributed by atoms with Gasteiger partial charge in [-0.2, -0.15) is 13.2 Å². The molecule has 0 bridgehead atoms. The number of hydrogen-bond acceptors (Lipinski definition) is 3. The molecule has 0 aliphatic heterocycles. The molecule has 1 aromatic carbocycles. The Hall–Kier alpha value is -1.95. The first kappa shape index (κ1) is 13.5. The number of alkyl halides is 3. The monoisotopic (exact) mass is 283 g/mol. The summed E-state index contributed by atoms with van der Waals surface area (Å²) >= 11 is 1.18. The lowest BCUT2D eigenvalue weighted by Gasteiger charge is -2.06. The summed E-state index contributed by atoms with van der Waals surface area (Å²) in [7, 11) is 0. The van der Waals surface area contributed by atoms with E-state index in [1.165, 1.54) is 47.3 Å². The number of halogens is 3. The standard InChI is InChI=1S/C13H8F3NOS/c14-13(15,16)10-3-1-2-9(6-10)4-5-11(18)12-7-17-8-19-12/h1-8H/b5-4+. The number of allylic oxidation sites excluding steroid dienone is 1. The van der Waals surface area contributed by atoms with E-state index in [2.05, 4.69) is 4.98 Å². The molecule has 19 heavy (non-hydrogen) atoms. The molecule has 0 aliphatic rings. The minimum Gasteiger partial charge on any atom is -0.288 e. The summed E-state index contributed by atoms with van der Waals surface area (Å²) in [6.07, 6.45) is -0.366. The minimum atomic E-state index is -4.38. The Balaban J connectivity index is 2.18. The van der Waals surface area contributed by atoms with Crippen molar-refractivity contribution >= 4 is 23.2 Å². The second-order valence-electron chi connectivity index (χ2n) is 3.69. The number of nitrogens with zero attached hydrogens (tertiary/aromatic N) is 1. The van der Waals surface area contributed by atoms with Gasteiger partial charge in [0.1, 0.15) is 0 Å². The van der Waals surface area contributed by atoms with E-state index >= 15 is 0 Å². The van der Waals surface area contributed by atoms with Crippen LogP contribution in [0.25, 0.3) is 6.08 Å². The molecule has 0 fully saturated rings. The Morgan fingerprint density at radius 2 is 2.11 bits per heavy atom. The molecular weight excluding hydrogens is 275 g/mol. The van der Waals surface area contributed by atoms with Gasteiger partial charge in [0.15, 0.2) is 5.78 Å². The van der Waals surface area contributed by atoms with Crippen LogP contribution in [0.15, 0.2) is 42.0 Å². The molecule has 2 rings (SSSR count). The molecule has 6 heteroatoms. The highest BCUT2D eigenvalue weighted by molar-refractivity contribution is 7.11. The average Bonchev–Trinajstić information content (AvgIpc) is 2.89. The smallest absolute Gasteiger partial charge is 0.288 e. The molecule has 2 nitrogen and oxygen atoms in total. The summed E-state index contributed by atoms with van der Waals surface area (Å²) in [6.45, 7) is 0. The van der Waals surface area contributed by atoms with E-state index < -0.39 is 11.7 Å². The first-order valence-corrected chi connectivity index (χ1v) is 6.13. The lowest BCUT2D eigenvalue weighted by Crippen LogP contribution is -2.04. The zero-order chi connectivity index (χ0) is 13.9. The maximum absolute atomic E-state index is 12.5. The van der Waals surface area contributed by atoms with Crippen molar-refractivity contribution in [3.05, 3.63) is 58.1 Å². The summed E-state index contributed by atoms with van der Waals surface area (Å²) < 4.78 is 37.5. The Morgan fingerprint density at radius 3 is 2.74 bits per heavy atom. The molecule has 0 unspecified atom stereocenters. The number of rotatable bonds is 3. The van der Waals surface area contributed by atoms with Gasteiger partial charge in [0.05, 0.1) is 16.0 Å². The van der Waals surface area contributed by atoms with Crippen LogP contribution in [0.3, 0.4) is 0 Å². The zero-order valence-electron chi connectivity index (χ0n) is 9.52. The third-order valence-corrected chi connectivity index (χ3v) is 3.10. The molecule has 1 heterocycles. The highest BCUT2D eigenvalue weighted by Crippen LogP contribution is 2.29. The predicted octanol–water partition coefficient (Wildman–Crippen LogP) is 4.06. The lowest BCUT2D eigenvalue weighted by atomic mass is 10.1. The van der Waals surface area contributed by atoms with Crippen molar-refractivity contribution in [1.29, 1.82) is 0 Å². The van der Waals surface area contributed by atoms with Crippen LogP contribution < -0.4 is 0 Å². The van der Waals surface area contributed by atoms with Crippen LogP contribution in [-0.4, -0.2) is 10.8 Å². The van der Waals surface area contributed by atoms with Crippen molar-refractivity contribution < 1.29 is 18.0 Å². The Bertz CT molecular complexity index is 603. The van der Waals surface area contributed by atoms with Crippen LogP contribution in [-0.2, 0) is 6.18 Å². The molecule has 0 aliphatic carbocycles. The van der Waals surface area contributed by atoms with Crippen molar-refractivity contribution in [1.82, 2.24) is 4.98 Å². The minimum absolute atomic E-state index is 0.278. The Labute approximate surface area is 111 Å². The van der Waals surface area contributed by atoms with E-state index in [-0.39, 0.29) is 5.78 Å². The number of hydrogen-bond donors (Lipinski definition) is 0. The van der Waals surface area contributed by atoms with E-state index in [9.17, 15) is 18.0 Å². The lowest BCUT2D eigenvalue weighted by molar-refractivity contribution is -0.137. The van der Waals surface area contributed by atoms with Gasteiger partial charge in [-0.1, -0.05) is 18.2 Å². The summed E-state index contributed by atoms with van der Waals surface area (Å²) in [5, 5.41) is 0. The topological polar surface area (TPSA) is 30.0 Å². The van der Waals surface area contributed by atoms with Gasteiger partial charge in [0.2, 0.25) is 0 Å². The summed E-state index contributed by atoms with van der Waals surface area (Å²) in [4.78, 5) is 15.8. The second kappa shape index (κ2) is 5.36. The molecule has 0 saturated carbocycles. The van der Waals surface area contributed by atoms with Gasteiger partial charge in [0.25, 0.3) is 0 Å². The van der Waals surface area contributed by atoms with Gasteiger partial charge < -0.3 is 0 Å². The van der Waals surface area contributed by atoms with Gasteiger partial charge in [-0.15, -0.1) is 11.3 Å². The number of carbonyl (C=O) groups is 1. The van der Waals surface area contributed by atoms with Crippen LogP contribution in [0, 0.1) is 0 Å². The molecular formula is C13H8F3NOS. The van der Waals surface area contributed by atoms with Crippen molar-refractivity contribution in [2.24, 2.45) is 0 Å². The molecule has 0 radical (unpaired) electrons. The zero-order valence-corrected chi connectivity index (χ0v) is 10.3. The summed E-state index contributed by atoms with van der Waals surface area (Å²) in [5.41, 5.74) is 1.11. The summed E-state index contributed by atoms with van der Waals surface area (Å²) in [5.74, 6) is -0.278. The van der Waals surface area contributed by atoms with Gasteiger partial charge in [-0.3, -0.25) is 9.78 Å². The molecule has 98 valence electrons. The highest BCUT2D eigenvalue weighted by Gasteiger charge is 2.30. The Morgan fingerprint density at radius 1 is 1.32 bits per heavy atom. The third kappa shape index (κ3) is 3.51. The van der Waals surface area contributed by atoms with E-state index in [1.807, 2.05) is 0 Å². The molecule has 0 saturated heterocycles. The first-order chi connectivity index (χ1) is 8.97. The maximum atomic E-state index is 12.5. The van der Waals surface area contributed by atoms with Gasteiger partial charge in [0, 0.05) is 6.20 Å². The van der Waals surface area contributed by atoms with Crippen molar-refractivity contribution in [3.8, 4) is 0 Å². The fourth-order valence-electron chi connectivity index (χ4n) is 1.41. The number of benzene rings is 1. The second-order valence-corrected chi connectivity index (χ2v) is 4.57. The van der Waals surface area contributed by atoms with Crippen molar-refractivity contribution in [2.45, 2.75) is 6.18 Å². The molecule has 2 aromatic rings. The van der Waals surface area contributed by atoms with E-state index in [0.717, 1.165) is 12.1 Å². The molecule has 0 atom stereocenters. The van der Waals surface area contributed by atoms with Gasteiger partial charge >= 0.3 is 6.18 Å². The van der Waals surface area contributed by atoms with Crippen molar-refractivity contribution in [3.63, 3.8) is 0 Å². The van der Waals surface area contributed by atoms with Gasteiger partial charge in [-0.05, 0) is 23.8 Å². The Kier molecular flexibility index (Phi) is 3.80. The van der Waals surface area contributed by atoms with Crippen LogP contribution in [0.1, 0.15) is 20.8 Å². The third-order valence-electron chi connectivity index (χ3n) is 2.32. The molecule has 0 N–H and O–H groups in total. The fraction of sp³-hybridized carbons (Fsp3) is 0.0769. The first-order valence-electron chi connectivity index (χ1n) is 5.25. The van der Waals surface area contributed by atoms with Crippen LogP contribution in [0.2, 0.25) is 0 Å². The van der Waals surface area contributed by atoms with Crippen molar-refractivity contribution in [2.75, 3.05) is 0 Å². The number of thiazole rings is 1. The van der Waals surface area contributed by atoms with Gasteiger partial charge in [-0.25, -0.2) is 0 Å². The van der Waals surface area contributed by atoms with E-state index in [4.69, 9.17) is 0 Å². The van der Waals surface area contributed by atoms with Crippen LogP contribution in [0.4, 0.5) is 13.2 Å². The molecule has 1 aromatic heterocycles. The van der Waals surface area contributed by atoms with Crippen LogP contribution >= 0.6 is 11.3 Å². The summed E-state index contributed by atoms with van der Waals surface area (Å²) in [6, 6.07) is 4.80. The SMILES string of the molecule is O=C(/C=C/c1cccc(C(F)(F)F)c1)c1cncs1. The molecule has 0 amide bonds. The number of carbonyl (C=O) groups excluding carboxylic acids is 1. The predicted molar refractivity (Wildman–Crippen MR) is 66.9 cm³/mol. The van der Waals surface area contributed by atoms with Crippen LogP contribution in [0.5, 0.6) is 0 Å². The van der Waals surface area contributed by atoms with E-state index in [0.29, 0.717) is 10.4 Å².